The minimum atomic E-state index is -0.360. The second-order valence-corrected chi connectivity index (χ2v) is 8.93. The first-order valence-corrected chi connectivity index (χ1v) is 11.7. The zero-order valence-corrected chi connectivity index (χ0v) is 19.2. The standard InChI is InChI=1S/C28H33N3O/c1-3-29-27(32)28(14-17-31(18-15-28)21-25-12-6-7-16-30-25)20-23-10-8-11-24(19-23)26-13-5-4-9-22(26)2/h4-13,16,19H,3,14-15,17-18,20-21H2,1-2H3,(H,29,32). The first-order chi connectivity index (χ1) is 15.6. The summed E-state index contributed by atoms with van der Waals surface area (Å²) in [5.74, 6) is 0.193. The smallest absolute Gasteiger partial charge is 0.226 e. The Balaban J connectivity index is 1.53. The molecule has 1 aliphatic heterocycles. The predicted octanol–water partition coefficient (Wildman–Crippen LogP) is 5.02. The number of nitrogens with one attached hydrogen (secondary N) is 1. The van der Waals surface area contributed by atoms with Gasteiger partial charge in [-0.05, 0) is 80.6 Å². The maximum Gasteiger partial charge on any atom is 0.226 e. The first kappa shape index (κ1) is 22.2. The number of carbonyl (C=O) groups excluding carboxylic acids is 1. The Morgan fingerprint density at radius 1 is 1.03 bits per heavy atom. The molecular formula is C28H33N3O. The Bertz CT molecular complexity index is 1040. The molecule has 0 aliphatic carbocycles. The second-order valence-electron chi connectivity index (χ2n) is 8.93. The van der Waals surface area contributed by atoms with Crippen molar-refractivity contribution in [1.29, 1.82) is 0 Å². The lowest BCUT2D eigenvalue weighted by atomic mass is 9.72. The largest absolute Gasteiger partial charge is 0.356 e. The van der Waals surface area contributed by atoms with Crippen LogP contribution in [0.1, 0.15) is 36.6 Å². The van der Waals surface area contributed by atoms with Crippen molar-refractivity contribution in [3.8, 4) is 11.1 Å². The van der Waals surface area contributed by atoms with Crippen molar-refractivity contribution in [3.05, 3.63) is 89.7 Å². The summed E-state index contributed by atoms with van der Waals surface area (Å²) in [5.41, 5.74) is 5.71. The van der Waals surface area contributed by atoms with E-state index in [0.29, 0.717) is 6.54 Å². The molecule has 0 saturated carbocycles. The fraction of sp³-hybridized carbons (Fsp3) is 0.357. The van der Waals surface area contributed by atoms with Crippen LogP contribution in [0.25, 0.3) is 11.1 Å². The van der Waals surface area contributed by atoms with E-state index in [2.05, 4.69) is 76.7 Å². The number of piperidine rings is 1. The molecule has 4 rings (SSSR count). The van der Waals surface area contributed by atoms with Crippen LogP contribution in [0.15, 0.2) is 72.9 Å². The van der Waals surface area contributed by atoms with Gasteiger partial charge in [0.2, 0.25) is 5.91 Å². The molecule has 1 saturated heterocycles. The topological polar surface area (TPSA) is 45.2 Å². The zero-order chi connectivity index (χ0) is 22.4. The SMILES string of the molecule is CCNC(=O)C1(Cc2cccc(-c3ccccc3C)c2)CCN(Cc2ccccn2)CC1. The normalized spacial score (nSPS) is 15.9. The van der Waals surface area contributed by atoms with E-state index in [4.69, 9.17) is 0 Å². The number of aromatic nitrogens is 1. The Labute approximate surface area is 191 Å². The number of hydrogen-bond acceptors (Lipinski definition) is 3. The predicted molar refractivity (Wildman–Crippen MR) is 130 cm³/mol. The van der Waals surface area contributed by atoms with Crippen molar-refractivity contribution in [2.24, 2.45) is 5.41 Å². The van der Waals surface area contributed by atoms with Crippen LogP contribution in [0.2, 0.25) is 0 Å². The molecular weight excluding hydrogens is 394 g/mol. The van der Waals surface area contributed by atoms with Crippen LogP contribution in [-0.4, -0.2) is 35.4 Å². The second kappa shape index (κ2) is 10.1. The third kappa shape index (κ3) is 5.08. The van der Waals surface area contributed by atoms with Crippen LogP contribution < -0.4 is 5.32 Å². The number of likely N-dealkylation sites (tertiary alicyclic amines) is 1. The Kier molecular flexibility index (Phi) is 7.01. The third-order valence-corrected chi connectivity index (χ3v) is 6.67. The lowest BCUT2D eigenvalue weighted by Crippen LogP contribution is -2.49. The van der Waals surface area contributed by atoms with Crippen LogP contribution >= 0.6 is 0 Å². The number of carbonyl (C=O) groups is 1. The molecule has 2 aromatic carbocycles. The molecule has 32 heavy (non-hydrogen) atoms. The lowest BCUT2D eigenvalue weighted by Gasteiger charge is -2.40. The molecule has 4 heteroatoms. The molecule has 0 spiro atoms. The number of nitrogens with zero attached hydrogens (tertiary/aromatic N) is 2. The summed E-state index contributed by atoms with van der Waals surface area (Å²) in [7, 11) is 0. The van der Waals surface area contributed by atoms with E-state index in [0.717, 1.165) is 44.6 Å². The van der Waals surface area contributed by atoms with E-state index in [1.165, 1.54) is 22.3 Å². The van der Waals surface area contributed by atoms with Gasteiger partial charge < -0.3 is 5.32 Å². The molecule has 0 unspecified atom stereocenters. The maximum absolute atomic E-state index is 13.3. The van der Waals surface area contributed by atoms with E-state index >= 15 is 0 Å². The molecule has 0 atom stereocenters. The summed E-state index contributed by atoms with van der Waals surface area (Å²) < 4.78 is 0. The van der Waals surface area contributed by atoms with Crippen LogP contribution in [0.3, 0.4) is 0 Å². The Morgan fingerprint density at radius 2 is 1.81 bits per heavy atom. The maximum atomic E-state index is 13.3. The van der Waals surface area contributed by atoms with Gasteiger partial charge in [0.05, 0.1) is 11.1 Å². The van der Waals surface area contributed by atoms with Crippen molar-refractivity contribution in [1.82, 2.24) is 15.2 Å². The highest BCUT2D eigenvalue weighted by Gasteiger charge is 2.41. The van der Waals surface area contributed by atoms with Gasteiger partial charge in [-0.15, -0.1) is 0 Å². The fourth-order valence-corrected chi connectivity index (χ4v) is 4.83. The Morgan fingerprint density at radius 3 is 2.53 bits per heavy atom. The minimum absolute atomic E-state index is 0.193. The fourth-order valence-electron chi connectivity index (χ4n) is 4.83. The summed E-state index contributed by atoms with van der Waals surface area (Å²) in [6, 6.07) is 23.3. The molecule has 0 bridgehead atoms. The van der Waals surface area contributed by atoms with Gasteiger partial charge in [0.25, 0.3) is 0 Å². The highest BCUT2D eigenvalue weighted by atomic mass is 16.2. The van der Waals surface area contributed by atoms with Crippen LogP contribution in [0.4, 0.5) is 0 Å². The van der Waals surface area contributed by atoms with Crippen molar-refractivity contribution in [2.45, 2.75) is 39.7 Å². The molecule has 1 aliphatic rings. The molecule has 3 aromatic rings. The molecule has 2 heterocycles. The lowest BCUT2D eigenvalue weighted by molar-refractivity contribution is -0.134. The van der Waals surface area contributed by atoms with Crippen LogP contribution in [0.5, 0.6) is 0 Å². The number of benzene rings is 2. The summed E-state index contributed by atoms with van der Waals surface area (Å²) in [4.78, 5) is 20.1. The quantitative estimate of drug-likeness (QED) is 0.576. The van der Waals surface area contributed by atoms with E-state index in [-0.39, 0.29) is 11.3 Å². The van der Waals surface area contributed by atoms with E-state index in [1.807, 2.05) is 25.3 Å². The monoisotopic (exact) mass is 427 g/mol. The average Bonchev–Trinajstić information content (AvgIpc) is 2.82. The van der Waals surface area contributed by atoms with Gasteiger partial charge in [-0.3, -0.25) is 14.7 Å². The summed E-state index contributed by atoms with van der Waals surface area (Å²) in [6.07, 6.45) is 4.34. The number of pyridine rings is 1. The molecule has 0 radical (unpaired) electrons. The molecule has 1 N–H and O–H groups in total. The highest BCUT2D eigenvalue weighted by molar-refractivity contribution is 5.83. The first-order valence-electron chi connectivity index (χ1n) is 11.7. The highest BCUT2D eigenvalue weighted by Crippen LogP contribution is 2.37. The van der Waals surface area contributed by atoms with E-state index in [9.17, 15) is 4.79 Å². The van der Waals surface area contributed by atoms with E-state index < -0.39 is 0 Å². The number of amides is 1. The zero-order valence-electron chi connectivity index (χ0n) is 19.2. The minimum Gasteiger partial charge on any atom is -0.356 e. The van der Waals surface area contributed by atoms with Gasteiger partial charge in [-0.1, -0.05) is 54.6 Å². The van der Waals surface area contributed by atoms with Crippen molar-refractivity contribution in [3.63, 3.8) is 0 Å². The molecule has 4 nitrogen and oxygen atoms in total. The number of aryl methyl sites for hydroxylation is 1. The summed E-state index contributed by atoms with van der Waals surface area (Å²) in [6.45, 7) is 7.48. The van der Waals surface area contributed by atoms with Crippen molar-refractivity contribution in [2.75, 3.05) is 19.6 Å². The average molecular weight is 428 g/mol. The molecule has 1 amide bonds. The van der Waals surface area contributed by atoms with Gasteiger partial charge in [-0.25, -0.2) is 0 Å². The van der Waals surface area contributed by atoms with Crippen molar-refractivity contribution >= 4 is 5.91 Å². The van der Waals surface area contributed by atoms with Gasteiger partial charge in [-0.2, -0.15) is 0 Å². The van der Waals surface area contributed by atoms with Gasteiger partial charge >= 0.3 is 0 Å². The number of rotatable bonds is 7. The third-order valence-electron chi connectivity index (χ3n) is 6.67. The van der Waals surface area contributed by atoms with Gasteiger partial charge in [0.1, 0.15) is 0 Å². The van der Waals surface area contributed by atoms with Crippen molar-refractivity contribution < 1.29 is 4.79 Å². The molecule has 1 aromatic heterocycles. The summed E-state index contributed by atoms with van der Waals surface area (Å²) in [5, 5.41) is 3.13. The van der Waals surface area contributed by atoms with Crippen LogP contribution in [-0.2, 0) is 17.8 Å². The Hall–Kier alpha value is -2.98. The molecule has 166 valence electrons. The van der Waals surface area contributed by atoms with Gasteiger partial charge in [0.15, 0.2) is 0 Å². The summed E-state index contributed by atoms with van der Waals surface area (Å²) >= 11 is 0. The van der Waals surface area contributed by atoms with E-state index in [1.54, 1.807) is 0 Å². The molecule has 1 fully saturated rings. The van der Waals surface area contributed by atoms with Gasteiger partial charge in [0, 0.05) is 19.3 Å². The number of hydrogen-bond donors (Lipinski definition) is 1. The van der Waals surface area contributed by atoms with Crippen LogP contribution in [0, 0.1) is 12.3 Å².